The average Bonchev–Trinajstić information content (AvgIpc) is 2.36. The van der Waals surface area contributed by atoms with Gasteiger partial charge in [-0.25, -0.2) is 13.7 Å². The van der Waals surface area contributed by atoms with Gasteiger partial charge in [0.2, 0.25) is 0 Å². The molecule has 0 amide bonds. The number of rotatable bonds is 2. The highest BCUT2D eigenvalue weighted by Crippen LogP contribution is 2.54. The Morgan fingerprint density at radius 3 is 2.54 bits per heavy atom. The fourth-order valence-electron chi connectivity index (χ4n) is 2.78. The largest absolute Gasteiger partial charge is 0.317 e. The van der Waals surface area contributed by atoms with Crippen LogP contribution >= 0.6 is 0 Å². The van der Waals surface area contributed by atoms with Gasteiger partial charge in [0.1, 0.15) is 9.92 Å². The highest BCUT2D eigenvalue weighted by atomic mass is 32.2. The summed E-state index contributed by atoms with van der Waals surface area (Å²) in [7, 11) is -0.436. The minimum absolute atomic E-state index is 0.0427. The van der Waals surface area contributed by atoms with E-state index < -0.39 is 9.92 Å². The van der Waals surface area contributed by atoms with Crippen LogP contribution in [0.15, 0.2) is 4.36 Å². The molecule has 13 heavy (non-hydrogen) atoms. The van der Waals surface area contributed by atoms with Gasteiger partial charge in [-0.3, -0.25) is 0 Å². The topological polar surface area (TPSA) is 67.5 Å². The number of hydrogen-bond acceptors (Lipinski definition) is 3. The molecule has 0 radical (unpaired) electrons. The second-order valence-corrected chi connectivity index (χ2v) is 6.35. The van der Waals surface area contributed by atoms with Crippen molar-refractivity contribution < 1.29 is 4.21 Å². The van der Waals surface area contributed by atoms with Crippen molar-refractivity contribution in [3.8, 4) is 0 Å². The number of nitrogens with zero attached hydrogens (tertiary/aromatic N) is 1. The molecule has 0 aromatic heterocycles. The van der Waals surface area contributed by atoms with Crippen molar-refractivity contribution in [2.24, 2.45) is 15.4 Å². The van der Waals surface area contributed by atoms with E-state index in [-0.39, 0.29) is 5.54 Å². The molecular weight excluding hydrogens is 186 g/mol. The van der Waals surface area contributed by atoms with Gasteiger partial charge in [-0.05, 0) is 32.2 Å². The second kappa shape index (κ2) is 2.68. The lowest BCUT2D eigenvalue weighted by atomic mass is 9.78. The number of hydrogen-bond donors (Lipinski definition) is 2. The van der Waals surface area contributed by atoms with Crippen molar-refractivity contribution in [3.63, 3.8) is 0 Å². The summed E-state index contributed by atoms with van der Waals surface area (Å²) in [5, 5.41) is 8.72. The zero-order chi connectivity index (χ0) is 9.69. The van der Waals surface area contributed by atoms with Gasteiger partial charge >= 0.3 is 0 Å². The maximum atomic E-state index is 11.4. The fraction of sp³-hybridized carbons (Fsp3) is 1.00. The van der Waals surface area contributed by atoms with Crippen molar-refractivity contribution in [2.45, 2.75) is 30.8 Å². The van der Waals surface area contributed by atoms with Crippen LogP contribution in [0.5, 0.6) is 0 Å². The lowest BCUT2D eigenvalue weighted by molar-refractivity contribution is 0.243. The van der Waals surface area contributed by atoms with E-state index in [2.05, 4.69) is 9.68 Å². The Hall–Kier alpha value is -0.130. The normalized spacial score (nSPS) is 46.7. The van der Waals surface area contributed by atoms with Crippen LogP contribution in [0.4, 0.5) is 0 Å². The van der Waals surface area contributed by atoms with Gasteiger partial charge in [0.05, 0.1) is 5.54 Å². The first-order chi connectivity index (χ1) is 5.94. The van der Waals surface area contributed by atoms with E-state index in [1.807, 2.05) is 7.05 Å². The third-order valence-corrected chi connectivity index (χ3v) is 3.95. The predicted octanol–water partition coefficient (Wildman–Crippen LogP) is 0.0984. The van der Waals surface area contributed by atoms with Crippen LogP contribution < -0.4 is 10.5 Å². The Kier molecular flexibility index (Phi) is 1.94. The second-order valence-electron chi connectivity index (χ2n) is 4.44. The lowest BCUT2D eigenvalue weighted by Gasteiger charge is -2.34. The maximum absolute atomic E-state index is 11.4. The van der Waals surface area contributed by atoms with E-state index >= 15 is 0 Å². The first-order valence-electron chi connectivity index (χ1n) is 4.62. The van der Waals surface area contributed by atoms with Crippen LogP contribution in [-0.4, -0.2) is 29.1 Å². The quantitative estimate of drug-likeness (QED) is 0.668. The summed E-state index contributed by atoms with van der Waals surface area (Å²) < 4.78 is 15.6. The molecular formula is C8H17N3OS. The van der Waals surface area contributed by atoms with E-state index in [0.717, 1.165) is 25.2 Å². The van der Waals surface area contributed by atoms with Crippen LogP contribution in [-0.2, 0) is 9.92 Å². The number of fused-ring (bicyclic) bond motifs is 1. The number of nitrogens with one attached hydrogen (secondary N) is 1. The molecule has 3 saturated carbocycles. The molecule has 3 rings (SSSR count). The van der Waals surface area contributed by atoms with E-state index in [0.29, 0.717) is 6.04 Å². The molecule has 3 N–H and O–H groups in total. The summed E-state index contributed by atoms with van der Waals surface area (Å²) in [6.45, 7) is 0. The monoisotopic (exact) mass is 203 g/mol. The molecule has 0 aliphatic heterocycles. The number of nitrogens with two attached hydrogens (primary N) is 1. The molecule has 2 unspecified atom stereocenters. The first kappa shape index (κ1) is 9.43. The minimum atomic E-state index is -2.41. The van der Waals surface area contributed by atoms with Gasteiger partial charge in [-0.15, -0.1) is 0 Å². The Labute approximate surface area is 79.6 Å². The van der Waals surface area contributed by atoms with Gasteiger partial charge < -0.3 is 5.32 Å². The van der Waals surface area contributed by atoms with Gasteiger partial charge in [-0.1, -0.05) is 0 Å². The molecule has 0 spiro atoms. The Balaban J connectivity index is 2.17. The van der Waals surface area contributed by atoms with Gasteiger partial charge in [0.25, 0.3) is 0 Å². The van der Waals surface area contributed by atoms with Gasteiger partial charge in [0.15, 0.2) is 0 Å². The van der Waals surface area contributed by atoms with Gasteiger partial charge in [-0.2, -0.15) is 0 Å². The average molecular weight is 203 g/mol. The summed E-state index contributed by atoms with van der Waals surface area (Å²) in [5.41, 5.74) is -0.0427. The van der Waals surface area contributed by atoms with Gasteiger partial charge in [0, 0.05) is 12.3 Å². The predicted molar refractivity (Wildman–Crippen MR) is 53.6 cm³/mol. The molecule has 5 heteroatoms. The lowest BCUT2D eigenvalue weighted by Crippen LogP contribution is -2.36. The standard InChI is InChI=1S/C8H17N3OS/c1-10-7-5-8(3-6(7)4-8)11-13(2,9)12/h6-7,10H,3-5H2,1-2H3,(H2,9,11,12). The van der Waals surface area contributed by atoms with E-state index in [1.54, 1.807) is 0 Å². The Bertz CT molecular complexity index is 318. The first-order valence-corrected chi connectivity index (χ1v) is 6.61. The molecule has 2 atom stereocenters. The summed E-state index contributed by atoms with van der Waals surface area (Å²) >= 11 is 0. The highest BCUT2D eigenvalue weighted by Gasteiger charge is 2.56. The molecule has 0 aromatic carbocycles. The molecule has 3 aliphatic rings. The van der Waals surface area contributed by atoms with E-state index in [9.17, 15) is 4.21 Å². The summed E-state index contributed by atoms with van der Waals surface area (Å²) in [4.78, 5) is 0. The summed E-state index contributed by atoms with van der Waals surface area (Å²) in [6.07, 6.45) is 4.67. The Morgan fingerprint density at radius 2 is 2.15 bits per heavy atom. The van der Waals surface area contributed by atoms with Crippen LogP contribution in [0.2, 0.25) is 0 Å². The molecule has 3 aliphatic carbocycles. The van der Waals surface area contributed by atoms with E-state index in [4.69, 9.17) is 5.14 Å². The summed E-state index contributed by atoms with van der Waals surface area (Å²) in [5.74, 6) is 0.732. The van der Waals surface area contributed by atoms with Crippen molar-refractivity contribution in [1.29, 1.82) is 0 Å². The fourth-order valence-corrected chi connectivity index (χ4v) is 3.77. The molecule has 76 valence electrons. The van der Waals surface area contributed by atoms with Crippen LogP contribution in [0.1, 0.15) is 19.3 Å². The van der Waals surface area contributed by atoms with Crippen molar-refractivity contribution in [3.05, 3.63) is 0 Å². The third-order valence-electron chi connectivity index (χ3n) is 3.20. The minimum Gasteiger partial charge on any atom is -0.317 e. The summed E-state index contributed by atoms with van der Waals surface area (Å²) in [6, 6.07) is 0.561. The maximum Gasteiger partial charge on any atom is 0.102 e. The SMILES string of the molecule is CNC1CC2(N=S(C)(N)=O)CC1C2. The van der Waals surface area contributed by atoms with Crippen molar-refractivity contribution in [2.75, 3.05) is 13.3 Å². The van der Waals surface area contributed by atoms with Crippen molar-refractivity contribution >= 4 is 9.92 Å². The highest BCUT2D eigenvalue weighted by molar-refractivity contribution is 7.90. The molecule has 0 saturated heterocycles. The molecule has 3 fully saturated rings. The molecule has 0 heterocycles. The Morgan fingerprint density at radius 1 is 1.54 bits per heavy atom. The molecule has 2 bridgehead atoms. The third kappa shape index (κ3) is 1.60. The van der Waals surface area contributed by atoms with E-state index in [1.165, 1.54) is 6.26 Å². The van der Waals surface area contributed by atoms with Crippen LogP contribution in [0.3, 0.4) is 0 Å². The van der Waals surface area contributed by atoms with Crippen molar-refractivity contribution in [1.82, 2.24) is 5.32 Å². The zero-order valence-corrected chi connectivity index (χ0v) is 8.93. The molecule has 4 nitrogen and oxygen atoms in total. The van der Waals surface area contributed by atoms with Crippen LogP contribution in [0.25, 0.3) is 0 Å². The smallest absolute Gasteiger partial charge is 0.102 e. The molecule has 0 aromatic rings. The zero-order valence-electron chi connectivity index (χ0n) is 8.12. The van der Waals surface area contributed by atoms with Crippen LogP contribution in [0, 0.1) is 5.92 Å².